The van der Waals surface area contributed by atoms with Crippen molar-refractivity contribution in [2.24, 2.45) is 5.92 Å². The van der Waals surface area contributed by atoms with Crippen molar-refractivity contribution in [3.05, 3.63) is 65.7 Å². The minimum absolute atomic E-state index is 0.0296. The number of amides is 2. The summed E-state index contributed by atoms with van der Waals surface area (Å²) in [6, 6.07) is 18.0. The van der Waals surface area contributed by atoms with Crippen molar-refractivity contribution in [3.63, 3.8) is 0 Å². The molecule has 2 saturated carbocycles. The van der Waals surface area contributed by atoms with Gasteiger partial charge in [0.15, 0.2) is 0 Å². The number of nitrogens with zero attached hydrogens (tertiary/aromatic N) is 1. The zero-order valence-corrected chi connectivity index (χ0v) is 17.9. The molecule has 2 aromatic rings. The van der Waals surface area contributed by atoms with Crippen molar-refractivity contribution in [2.75, 3.05) is 19.7 Å². The van der Waals surface area contributed by atoms with Crippen LogP contribution < -0.4 is 10.1 Å². The summed E-state index contributed by atoms with van der Waals surface area (Å²) in [5.41, 5.74) is 1.50. The van der Waals surface area contributed by atoms with Crippen molar-refractivity contribution >= 4 is 11.8 Å². The maximum absolute atomic E-state index is 13.4. The summed E-state index contributed by atoms with van der Waals surface area (Å²) in [6.07, 6.45) is 6.11. The van der Waals surface area contributed by atoms with Crippen LogP contribution in [0.25, 0.3) is 0 Å². The number of nitrogens with one attached hydrogen (secondary N) is 1. The molecule has 0 bridgehead atoms. The van der Waals surface area contributed by atoms with E-state index in [1.807, 2.05) is 42.5 Å². The minimum atomic E-state index is -0.298. The summed E-state index contributed by atoms with van der Waals surface area (Å²) in [7, 11) is 0. The SMILES string of the molecule is O=C(NC1CC1)c1cccc(OCC2CCCN(C(=O)C3(c4ccccc4)CC3)C2)c1. The lowest BCUT2D eigenvalue weighted by Crippen LogP contribution is -2.46. The molecule has 5 heteroatoms. The molecule has 1 heterocycles. The molecule has 2 aromatic carbocycles. The first-order valence-electron chi connectivity index (χ1n) is 11.5. The molecule has 0 aromatic heterocycles. The number of piperidine rings is 1. The summed E-state index contributed by atoms with van der Waals surface area (Å²) >= 11 is 0. The van der Waals surface area contributed by atoms with Gasteiger partial charge < -0.3 is 15.0 Å². The van der Waals surface area contributed by atoms with Gasteiger partial charge >= 0.3 is 0 Å². The van der Waals surface area contributed by atoms with Crippen LogP contribution in [-0.2, 0) is 10.2 Å². The van der Waals surface area contributed by atoms with Crippen molar-refractivity contribution in [1.29, 1.82) is 0 Å². The Morgan fingerprint density at radius 1 is 1.03 bits per heavy atom. The highest BCUT2D eigenvalue weighted by Crippen LogP contribution is 2.50. The largest absolute Gasteiger partial charge is 0.493 e. The highest BCUT2D eigenvalue weighted by atomic mass is 16.5. The van der Waals surface area contributed by atoms with Crippen LogP contribution in [0.4, 0.5) is 0 Å². The summed E-state index contributed by atoms with van der Waals surface area (Å²) in [6.45, 7) is 2.14. The van der Waals surface area contributed by atoms with Crippen LogP contribution in [-0.4, -0.2) is 42.5 Å². The predicted octanol–water partition coefficient (Wildman–Crippen LogP) is 3.93. The topological polar surface area (TPSA) is 58.6 Å². The maximum Gasteiger partial charge on any atom is 0.251 e. The number of ether oxygens (including phenoxy) is 1. The normalized spacial score (nSPS) is 21.9. The van der Waals surface area contributed by atoms with Gasteiger partial charge in [-0.25, -0.2) is 0 Å². The Labute approximate surface area is 183 Å². The first-order chi connectivity index (χ1) is 15.1. The van der Waals surface area contributed by atoms with E-state index >= 15 is 0 Å². The average molecular weight is 419 g/mol. The van der Waals surface area contributed by atoms with E-state index in [-0.39, 0.29) is 17.2 Å². The molecule has 3 aliphatic rings. The number of benzene rings is 2. The van der Waals surface area contributed by atoms with Crippen molar-refractivity contribution in [1.82, 2.24) is 10.2 Å². The van der Waals surface area contributed by atoms with Crippen LogP contribution in [0, 0.1) is 5.92 Å². The van der Waals surface area contributed by atoms with Crippen LogP contribution in [0.3, 0.4) is 0 Å². The molecule has 5 rings (SSSR count). The van der Waals surface area contributed by atoms with Crippen LogP contribution in [0.5, 0.6) is 5.75 Å². The molecule has 0 spiro atoms. The molecular formula is C26H30N2O3. The number of hydrogen-bond donors (Lipinski definition) is 1. The molecule has 2 aliphatic carbocycles. The molecule has 2 amide bonds. The Morgan fingerprint density at radius 2 is 1.84 bits per heavy atom. The monoisotopic (exact) mass is 418 g/mol. The van der Waals surface area contributed by atoms with Crippen molar-refractivity contribution < 1.29 is 14.3 Å². The molecule has 162 valence electrons. The molecule has 31 heavy (non-hydrogen) atoms. The summed E-state index contributed by atoms with van der Waals surface area (Å²) in [5, 5.41) is 3.02. The first kappa shape index (κ1) is 20.1. The van der Waals surface area contributed by atoms with E-state index in [0.717, 1.165) is 62.9 Å². The van der Waals surface area contributed by atoms with Gasteiger partial charge in [0.25, 0.3) is 5.91 Å². The lowest BCUT2D eigenvalue weighted by Gasteiger charge is -2.35. The van der Waals surface area contributed by atoms with Gasteiger partial charge in [-0.2, -0.15) is 0 Å². The predicted molar refractivity (Wildman–Crippen MR) is 119 cm³/mol. The van der Waals surface area contributed by atoms with Gasteiger partial charge in [0.1, 0.15) is 5.75 Å². The number of rotatable bonds is 7. The summed E-state index contributed by atoms with van der Waals surface area (Å²) in [4.78, 5) is 27.7. The molecule has 1 saturated heterocycles. The molecule has 1 N–H and O–H groups in total. The highest BCUT2D eigenvalue weighted by Gasteiger charge is 2.53. The van der Waals surface area contributed by atoms with Crippen LogP contribution in [0.2, 0.25) is 0 Å². The molecular weight excluding hydrogens is 388 g/mol. The second-order valence-corrected chi connectivity index (χ2v) is 9.29. The zero-order valence-electron chi connectivity index (χ0n) is 17.9. The quantitative estimate of drug-likeness (QED) is 0.741. The van der Waals surface area contributed by atoms with Gasteiger partial charge in [-0.3, -0.25) is 9.59 Å². The second kappa shape index (κ2) is 8.37. The number of carbonyl (C=O) groups is 2. The smallest absolute Gasteiger partial charge is 0.251 e. The standard InChI is InChI=1S/C26H30N2O3/c29-24(27-22-11-12-22)20-7-4-10-23(16-20)31-18-19-6-5-15-28(17-19)25(30)26(13-14-26)21-8-2-1-3-9-21/h1-4,7-10,16,19,22H,5-6,11-15,17-18H2,(H,27,29). The first-order valence-corrected chi connectivity index (χ1v) is 11.5. The molecule has 1 unspecified atom stereocenters. The third-order valence-electron chi connectivity index (χ3n) is 6.79. The fourth-order valence-electron chi connectivity index (χ4n) is 4.63. The Morgan fingerprint density at radius 3 is 2.58 bits per heavy atom. The molecule has 1 aliphatic heterocycles. The lowest BCUT2D eigenvalue weighted by atomic mass is 9.91. The maximum atomic E-state index is 13.4. The van der Waals surface area contributed by atoms with Crippen LogP contribution in [0.15, 0.2) is 54.6 Å². The Bertz CT molecular complexity index is 950. The minimum Gasteiger partial charge on any atom is -0.493 e. The lowest BCUT2D eigenvalue weighted by molar-refractivity contribution is -0.136. The molecule has 1 atom stereocenters. The number of carbonyl (C=O) groups excluding carboxylic acids is 2. The fourth-order valence-corrected chi connectivity index (χ4v) is 4.63. The third-order valence-corrected chi connectivity index (χ3v) is 6.79. The zero-order chi connectivity index (χ0) is 21.3. The van der Waals surface area contributed by atoms with E-state index < -0.39 is 0 Å². The van der Waals surface area contributed by atoms with E-state index in [0.29, 0.717) is 24.1 Å². The Hall–Kier alpha value is -2.82. The van der Waals surface area contributed by atoms with E-state index in [1.54, 1.807) is 0 Å². The van der Waals surface area contributed by atoms with Gasteiger partial charge in [0.05, 0.1) is 12.0 Å². The second-order valence-electron chi connectivity index (χ2n) is 9.29. The van der Waals surface area contributed by atoms with E-state index in [2.05, 4.69) is 22.3 Å². The van der Waals surface area contributed by atoms with Crippen molar-refractivity contribution in [2.45, 2.75) is 50.0 Å². The van der Waals surface area contributed by atoms with E-state index in [1.165, 1.54) is 0 Å². The van der Waals surface area contributed by atoms with Gasteiger partial charge in [-0.15, -0.1) is 0 Å². The third kappa shape index (κ3) is 4.46. The fraction of sp³-hybridized carbons (Fsp3) is 0.462. The Balaban J connectivity index is 1.18. The summed E-state index contributed by atoms with van der Waals surface area (Å²) < 4.78 is 6.05. The van der Waals surface area contributed by atoms with Crippen molar-refractivity contribution in [3.8, 4) is 5.75 Å². The van der Waals surface area contributed by atoms with Gasteiger partial charge in [0, 0.05) is 30.6 Å². The average Bonchev–Trinajstić information content (AvgIpc) is 3.74. The van der Waals surface area contributed by atoms with E-state index in [9.17, 15) is 9.59 Å². The van der Waals surface area contributed by atoms with Crippen LogP contribution >= 0.6 is 0 Å². The number of likely N-dealkylation sites (tertiary alicyclic amines) is 1. The van der Waals surface area contributed by atoms with Crippen LogP contribution in [0.1, 0.15) is 54.4 Å². The molecule has 0 radical (unpaired) electrons. The number of hydrogen-bond acceptors (Lipinski definition) is 3. The summed E-state index contributed by atoms with van der Waals surface area (Å²) in [5.74, 6) is 1.28. The molecule has 3 fully saturated rings. The van der Waals surface area contributed by atoms with E-state index in [4.69, 9.17) is 4.74 Å². The molecule has 5 nitrogen and oxygen atoms in total. The van der Waals surface area contributed by atoms with Gasteiger partial charge in [-0.1, -0.05) is 36.4 Å². The van der Waals surface area contributed by atoms with Gasteiger partial charge in [-0.05, 0) is 62.3 Å². The Kier molecular flexibility index (Phi) is 5.43. The highest BCUT2D eigenvalue weighted by molar-refractivity contribution is 5.95. The van der Waals surface area contributed by atoms with Gasteiger partial charge in [0.2, 0.25) is 5.91 Å².